The van der Waals surface area contributed by atoms with Crippen LogP contribution in [0.1, 0.15) is 31.7 Å². The summed E-state index contributed by atoms with van der Waals surface area (Å²) in [6.07, 6.45) is 3.69. The Hall–Kier alpha value is -1.36. The molecule has 1 aliphatic rings. The molecule has 0 saturated heterocycles. The first-order valence-corrected chi connectivity index (χ1v) is 5.79. The first-order valence-electron chi connectivity index (χ1n) is 5.79. The summed E-state index contributed by atoms with van der Waals surface area (Å²) in [5, 5.41) is 9.32. The monoisotopic (exact) mass is 217 g/mol. The van der Waals surface area contributed by atoms with Crippen LogP contribution in [0.5, 0.6) is 0 Å². The smallest absolute Gasteiger partial charge is 0.123 e. The molecule has 16 heavy (non-hydrogen) atoms. The van der Waals surface area contributed by atoms with E-state index in [1.807, 2.05) is 6.07 Å². The van der Waals surface area contributed by atoms with E-state index < -0.39 is 0 Å². The predicted octanol–water partition coefficient (Wildman–Crippen LogP) is 3.70. The summed E-state index contributed by atoms with van der Waals surface area (Å²) >= 11 is 0. The highest BCUT2D eigenvalue weighted by molar-refractivity contribution is 5.21. The molecule has 1 nitrogen and oxygen atoms in total. The average Bonchev–Trinajstić information content (AvgIpc) is 2.61. The number of nitrogens with zero attached hydrogens (tertiary/aromatic N) is 1. The quantitative estimate of drug-likeness (QED) is 0.741. The van der Waals surface area contributed by atoms with Gasteiger partial charge >= 0.3 is 0 Å². The predicted molar refractivity (Wildman–Crippen MR) is 61.2 cm³/mol. The van der Waals surface area contributed by atoms with Crippen molar-refractivity contribution in [2.24, 2.45) is 11.3 Å². The van der Waals surface area contributed by atoms with Gasteiger partial charge in [-0.25, -0.2) is 4.39 Å². The Bertz CT molecular complexity index is 421. The van der Waals surface area contributed by atoms with Gasteiger partial charge in [0, 0.05) is 0 Å². The fraction of sp³-hybridized carbons (Fsp3) is 0.500. The molecule has 2 heteroatoms. The molecule has 0 spiro atoms. The lowest BCUT2D eigenvalue weighted by Crippen LogP contribution is -2.17. The van der Waals surface area contributed by atoms with Crippen molar-refractivity contribution in [2.45, 2.75) is 32.6 Å². The second-order valence-electron chi connectivity index (χ2n) is 5.05. The molecule has 1 aromatic rings. The van der Waals surface area contributed by atoms with Crippen molar-refractivity contribution in [3.63, 3.8) is 0 Å². The number of hydrogen-bond acceptors (Lipinski definition) is 1. The van der Waals surface area contributed by atoms with Crippen molar-refractivity contribution < 1.29 is 4.39 Å². The lowest BCUT2D eigenvalue weighted by atomic mass is 9.81. The third-order valence-corrected chi connectivity index (χ3v) is 3.52. The van der Waals surface area contributed by atoms with Crippen molar-refractivity contribution in [3.8, 4) is 6.07 Å². The van der Waals surface area contributed by atoms with Crippen LogP contribution in [0.15, 0.2) is 24.3 Å². The summed E-state index contributed by atoms with van der Waals surface area (Å²) in [5.41, 5.74) is 0.684. The topological polar surface area (TPSA) is 23.8 Å². The molecule has 2 atom stereocenters. The van der Waals surface area contributed by atoms with Gasteiger partial charge in [0.25, 0.3) is 0 Å². The van der Waals surface area contributed by atoms with Gasteiger partial charge in [-0.2, -0.15) is 5.26 Å². The third-order valence-electron chi connectivity index (χ3n) is 3.52. The Balaban J connectivity index is 2.17. The maximum atomic E-state index is 13.1. The van der Waals surface area contributed by atoms with Gasteiger partial charge in [-0.05, 0) is 49.3 Å². The molecule has 2 unspecified atom stereocenters. The summed E-state index contributed by atoms with van der Waals surface area (Å²) in [7, 11) is 0. The van der Waals surface area contributed by atoms with Crippen LogP contribution in [0, 0.1) is 28.5 Å². The zero-order chi connectivity index (χ0) is 11.6. The van der Waals surface area contributed by atoms with Crippen molar-refractivity contribution in [1.82, 2.24) is 0 Å². The van der Waals surface area contributed by atoms with Gasteiger partial charge in [0.05, 0.1) is 11.5 Å². The van der Waals surface area contributed by atoms with Crippen LogP contribution in [0.25, 0.3) is 0 Å². The number of nitriles is 1. The van der Waals surface area contributed by atoms with Crippen LogP contribution in [0.3, 0.4) is 0 Å². The Morgan fingerprint density at radius 2 is 2.38 bits per heavy atom. The molecule has 1 fully saturated rings. The molecule has 0 aliphatic heterocycles. The summed E-state index contributed by atoms with van der Waals surface area (Å²) in [4.78, 5) is 0. The molecule has 1 aromatic carbocycles. The molecule has 0 N–H and O–H groups in total. The highest BCUT2D eigenvalue weighted by Gasteiger charge is 2.37. The number of rotatable bonds is 2. The van der Waals surface area contributed by atoms with E-state index in [2.05, 4.69) is 13.0 Å². The second kappa shape index (κ2) is 4.25. The fourth-order valence-electron chi connectivity index (χ4n) is 2.73. The van der Waals surface area contributed by atoms with Crippen LogP contribution in [-0.4, -0.2) is 0 Å². The third kappa shape index (κ3) is 2.24. The molecular weight excluding hydrogens is 201 g/mol. The van der Waals surface area contributed by atoms with Crippen LogP contribution >= 0.6 is 0 Å². The van der Waals surface area contributed by atoms with Gasteiger partial charge < -0.3 is 0 Å². The molecule has 0 aromatic heterocycles. The highest BCUT2D eigenvalue weighted by Crippen LogP contribution is 2.43. The van der Waals surface area contributed by atoms with E-state index in [4.69, 9.17) is 0 Å². The highest BCUT2D eigenvalue weighted by atomic mass is 19.1. The van der Waals surface area contributed by atoms with Gasteiger partial charge in [0.15, 0.2) is 0 Å². The molecular formula is C14H16FN. The summed E-state index contributed by atoms with van der Waals surface area (Å²) in [6.45, 7) is 2.19. The van der Waals surface area contributed by atoms with E-state index in [-0.39, 0.29) is 11.2 Å². The standard InChI is InChI=1S/C14H16FN/c1-11-5-6-14(8-11,10-16)9-12-3-2-4-13(15)7-12/h2-4,7,11H,5-6,8-9H2,1H3. The second-order valence-corrected chi connectivity index (χ2v) is 5.05. The molecule has 1 saturated carbocycles. The first kappa shape index (κ1) is 11.1. The first-order chi connectivity index (χ1) is 7.63. The minimum atomic E-state index is -0.257. The fourth-order valence-corrected chi connectivity index (χ4v) is 2.73. The molecule has 0 heterocycles. The Morgan fingerprint density at radius 1 is 1.56 bits per heavy atom. The van der Waals surface area contributed by atoms with Crippen molar-refractivity contribution in [2.75, 3.05) is 0 Å². The zero-order valence-electron chi connectivity index (χ0n) is 9.54. The number of hydrogen-bond donors (Lipinski definition) is 0. The van der Waals surface area contributed by atoms with E-state index in [9.17, 15) is 9.65 Å². The summed E-state index contributed by atoms with van der Waals surface area (Å²) in [6, 6.07) is 9.07. The molecule has 2 rings (SSSR count). The van der Waals surface area contributed by atoms with E-state index >= 15 is 0 Å². The Labute approximate surface area is 95.9 Å². The zero-order valence-corrected chi connectivity index (χ0v) is 9.54. The van der Waals surface area contributed by atoms with Gasteiger partial charge in [-0.15, -0.1) is 0 Å². The normalized spacial score (nSPS) is 28.9. The lowest BCUT2D eigenvalue weighted by molar-refractivity contribution is 0.390. The van der Waals surface area contributed by atoms with Gasteiger partial charge in [-0.1, -0.05) is 19.1 Å². The van der Waals surface area contributed by atoms with E-state index in [1.165, 1.54) is 6.07 Å². The van der Waals surface area contributed by atoms with E-state index in [1.54, 1.807) is 12.1 Å². The van der Waals surface area contributed by atoms with E-state index in [0.717, 1.165) is 24.8 Å². The Kier molecular flexibility index (Phi) is 2.96. The van der Waals surface area contributed by atoms with Crippen molar-refractivity contribution >= 4 is 0 Å². The molecule has 0 amide bonds. The largest absolute Gasteiger partial charge is 0.207 e. The summed E-state index contributed by atoms with van der Waals surface area (Å²) < 4.78 is 13.1. The maximum Gasteiger partial charge on any atom is 0.123 e. The van der Waals surface area contributed by atoms with Crippen LogP contribution < -0.4 is 0 Å². The molecule has 0 radical (unpaired) electrons. The van der Waals surface area contributed by atoms with Crippen LogP contribution in [0.4, 0.5) is 4.39 Å². The Morgan fingerprint density at radius 3 is 2.94 bits per heavy atom. The lowest BCUT2D eigenvalue weighted by Gasteiger charge is -2.20. The minimum Gasteiger partial charge on any atom is -0.207 e. The summed E-state index contributed by atoms with van der Waals surface area (Å²) in [5.74, 6) is 0.407. The minimum absolute atomic E-state index is 0.211. The van der Waals surface area contributed by atoms with Crippen LogP contribution in [0.2, 0.25) is 0 Å². The maximum absolute atomic E-state index is 13.1. The van der Waals surface area contributed by atoms with Gasteiger partial charge in [0.1, 0.15) is 5.82 Å². The van der Waals surface area contributed by atoms with Gasteiger partial charge in [-0.3, -0.25) is 0 Å². The molecule has 1 aliphatic carbocycles. The van der Waals surface area contributed by atoms with Crippen LogP contribution in [-0.2, 0) is 6.42 Å². The van der Waals surface area contributed by atoms with E-state index in [0.29, 0.717) is 12.3 Å². The molecule has 84 valence electrons. The number of halogens is 1. The average molecular weight is 217 g/mol. The SMILES string of the molecule is CC1CCC(C#N)(Cc2cccc(F)c2)C1. The molecule has 0 bridgehead atoms. The number of benzene rings is 1. The van der Waals surface area contributed by atoms with Crippen molar-refractivity contribution in [3.05, 3.63) is 35.6 Å². The van der Waals surface area contributed by atoms with Gasteiger partial charge in [0.2, 0.25) is 0 Å². The van der Waals surface area contributed by atoms with Crippen molar-refractivity contribution in [1.29, 1.82) is 5.26 Å².